The van der Waals surface area contributed by atoms with Gasteiger partial charge in [0.05, 0.1) is 5.56 Å². The lowest BCUT2D eigenvalue weighted by Gasteiger charge is -2.20. The summed E-state index contributed by atoms with van der Waals surface area (Å²) >= 11 is 0. The summed E-state index contributed by atoms with van der Waals surface area (Å²) in [5.41, 5.74) is 1.78. The molecule has 0 aliphatic rings. The Balaban J connectivity index is 1.61. The first-order valence-electron chi connectivity index (χ1n) is 10.3. The fourth-order valence-electron chi connectivity index (χ4n) is 2.92. The van der Waals surface area contributed by atoms with Crippen LogP contribution < -0.4 is 15.4 Å². The number of amides is 2. The molecular weight excluding hydrogens is 404 g/mol. The minimum atomic E-state index is -0.574. The molecule has 0 aliphatic carbocycles. The topological polar surface area (TPSA) is 84.5 Å². The molecule has 164 valence electrons. The van der Waals surface area contributed by atoms with Gasteiger partial charge in [0.1, 0.15) is 5.75 Å². The highest BCUT2D eigenvalue weighted by Crippen LogP contribution is 2.16. The summed E-state index contributed by atoms with van der Waals surface area (Å²) in [6, 6.07) is 22.2. The van der Waals surface area contributed by atoms with Crippen molar-refractivity contribution in [2.45, 2.75) is 32.9 Å². The van der Waals surface area contributed by atoms with Crippen LogP contribution in [0.1, 0.15) is 57.4 Å². The van der Waals surface area contributed by atoms with Crippen molar-refractivity contribution in [3.05, 3.63) is 101 Å². The van der Waals surface area contributed by atoms with Gasteiger partial charge in [-0.15, -0.1) is 0 Å². The number of ether oxygens (including phenoxy) is 1. The number of hydrogen-bond acceptors (Lipinski definition) is 4. The van der Waals surface area contributed by atoms with E-state index < -0.39 is 5.97 Å². The largest absolute Gasteiger partial charge is 0.423 e. The SMILES string of the molecule is CC(C)(C)NC(=O)c1ccc(C(=O)Oc2cccc(C(=O)NCc3ccccc3)c2)cc1. The average molecular weight is 431 g/mol. The number of rotatable bonds is 6. The minimum absolute atomic E-state index is 0.216. The zero-order valence-electron chi connectivity index (χ0n) is 18.3. The van der Waals surface area contributed by atoms with E-state index >= 15 is 0 Å². The van der Waals surface area contributed by atoms with Crippen LogP contribution >= 0.6 is 0 Å². The third kappa shape index (κ3) is 6.54. The second-order valence-corrected chi connectivity index (χ2v) is 8.37. The summed E-state index contributed by atoms with van der Waals surface area (Å²) in [6.07, 6.45) is 0. The van der Waals surface area contributed by atoms with Gasteiger partial charge in [0, 0.05) is 23.2 Å². The molecule has 6 nitrogen and oxygen atoms in total. The summed E-state index contributed by atoms with van der Waals surface area (Å²) in [6.45, 7) is 6.09. The van der Waals surface area contributed by atoms with Crippen molar-refractivity contribution in [3.8, 4) is 5.75 Å². The average Bonchev–Trinajstić information content (AvgIpc) is 2.77. The van der Waals surface area contributed by atoms with Gasteiger partial charge in [-0.2, -0.15) is 0 Å². The first-order valence-corrected chi connectivity index (χ1v) is 10.3. The van der Waals surface area contributed by atoms with Crippen LogP contribution in [-0.4, -0.2) is 23.3 Å². The van der Waals surface area contributed by atoms with Crippen molar-refractivity contribution in [2.75, 3.05) is 0 Å². The molecule has 3 rings (SSSR count). The summed E-state index contributed by atoms with van der Waals surface area (Å²) in [4.78, 5) is 37.1. The lowest BCUT2D eigenvalue weighted by Crippen LogP contribution is -2.40. The maximum Gasteiger partial charge on any atom is 0.343 e. The van der Waals surface area contributed by atoms with Crippen molar-refractivity contribution < 1.29 is 19.1 Å². The van der Waals surface area contributed by atoms with Gasteiger partial charge in [0.15, 0.2) is 0 Å². The van der Waals surface area contributed by atoms with E-state index in [0.29, 0.717) is 23.2 Å². The lowest BCUT2D eigenvalue weighted by molar-refractivity contribution is 0.0732. The lowest BCUT2D eigenvalue weighted by atomic mass is 10.1. The highest BCUT2D eigenvalue weighted by molar-refractivity contribution is 5.97. The normalized spacial score (nSPS) is 10.8. The van der Waals surface area contributed by atoms with Crippen molar-refractivity contribution >= 4 is 17.8 Å². The van der Waals surface area contributed by atoms with Crippen molar-refractivity contribution in [2.24, 2.45) is 0 Å². The number of esters is 1. The molecule has 3 aromatic carbocycles. The second-order valence-electron chi connectivity index (χ2n) is 8.37. The zero-order valence-corrected chi connectivity index (χ0v) is 18.3. The Bertz CT molecular complexity index is 1100. The van der Waals surface area contributed by atoms with Gasteiger partial charge in [0.2, 0.25) is 0 Å². The van der Waals surface area contributed by atoms with E-state index in [-0.39, 0.29) is 23.1 Å². The molecule has 0 fully saturated rings. The molecule has 2 N–H and O–H groups in total. The van der Waals surface area contributed by atoms with E-state index in [1.807, 2.05) is 51.1 Å². The number of hydrogen-bond donors (Lipinski definition) is 2. The Labute approximate surface area is 187 Å². The van der Waals surface area contributed by atoms with Gasteiger partial charge < -0.3 is 15.4 Å². The Kier molecular flexibility index (Phi) is 7.05. The highest BCUT2D eigenvalue weighted by Gasteiger charge is 2.16. The van der Waals surface area contributed by atoms with Crippen LogP contribution in [0.2, 0.25) is 0 Å². The fourth-order valence-corrected chi connectivity index (χ4v) is 2.92. The molecule has 0 radical (unpaired) electrons. The maximum atomic E-state index is 12.5. The molecule has 0 aliphatic heterocycles. The molecule has 0 saturated heterocycles. The molecule has 32 heavy (non-hydrogen) atoms. The molecule has 6 heteroatoms. The minimum Gasteiger partial charge on any atom is -0.423 e. The Morgan fingerprint density at radius 3 is 2.06 bits per heavy atom. The molecule has 0 saturated carbocycles. The van der Waals surface area contributed by atoms with E-state index in [1.165, 1.54) is 18.2 Å². The van der Waals surface area contributed by atoms with E-state index in [1.54, 1.807) is 30.3 Å². The van der Waals surface area contributed by atoms with E-state index in [9.17, 15) is 14.4 Å². The van der Waals surface area contributed by atoms with Crippen LogP contribution in [0.5, 0.6) is 5.75 Å². The van der Waals surface area contributed by atoms with Crippen molar-refractivity contribution in [3.63, 3.8) is 0 Å². The smallest absolute Gasteiger partial charge is 0.343 e. The van der Waals surface area contributed by atoms with Gasteiger partial charge in [0.25, 0.3) is 11.8 Å². The molecule has 2 amide bonds. The highest BCUT2D eigenvalue weighted by atomic mass is 16.5. The summed E-state index contributed by atoms with van der Waals surface area (Å²) in [5, 5.41) is 5.71. The van der Waals surface area contributed by atoms with Crippen LogP contribution in [0, 0.1) is 0 Å². The van der Waals surface area contributed by atoms with Crippen LogP contribution in [0.3, 0.4) is 0 Å². The Morgan fingerprint density at radius 2 is 1.41 bits per heavy atom. The van der Waals surface area contributed by atoms with E-state index in [2.05, 4.69) is 10.6 Å². The van der Waals surface area contributed by atoms with Gasteiger partial charge in [-0.1, -0.05) is 36.4 Å². The standard InChI is InChI=1S/C26H26N2O4/c1-26(2,3)28-24(30)19-12-14-20(15-13-19)25(31)32-22-11-7-10-21(16-22)23(29)27-17-18-8-5-4-6-9-18/h4-16H,17H2,1-3H3,(H,27,29)(H,28,30). The molecule has 3 aromatic rings. The zero-order chi connectivity index (χ0) is 23.1. The summed E-state index contributed by atoms with van der Waals surface area (Å²) in [7, 11) is 0. The summed E-state index contributed by atoms with van der Waals surface area (Å²) < 4.78 is 5.42. The number of benzene rings is 3. The van der Waals surface area contributed by atoms with Gasteiger partial charge in [-0.25, -0.2) is 4.79 Å². The first-order chi connectivity index (χ1) is 15.2. The third-order valence-electron chi connectivity index (χ3n) is 4.47. The van der Waals surface area contributed by atoms with Crippen molar-refractivity contribution in [1.29, 1.82) is 0 Å². The van der Waals surface area contributed by atoms with Crippen LogP contribution in [-0.2, 0) is 6.54 Å². The maximum absolute atomic E-state index is 12.5. The molecule has 0 atom stereocenters. The number of carbonyl (C=O) groups is 3. The van der Waals surface area contributed by atoms with Crippen LogP contribution in [0.15, 0.2) is 78.9 Å². The van der Waals surface area contributed by atoms with Crippen LogP contribution in [0.4, 0.5) is 0 Å². The Morgan fingerprint density at radius 1 is 0.750 bits per heavy atom. The predicted molar refractivity (Wildman–Crippen MR) is 123 cm³/mol. The van der Waals surface area contributed by atoms with E-state index in [0.717, 1.165) is 5.56 Å². The van der Waals surface area contributed by atoms with Crippen molar-refractivity contribution in [1.82, 2.24) is 10.6 Å². The molecule has 0 spiro atoms. The van der Waals surface area contributed by atoms with E-state index in [4.69, 9.17) is 4.74 Å². The van der Waals surface area contributed by atoms with Gasteiger partial charge >= 0.3 is 5.97 Å². The second kappa shape index (κ2) is 9.92. The van der Waals surface area contributed by atoms with Gasteiger partial charge in [-0.3, -0.25) is 9.59 Å². The molecule has 0 heterocycles. The quantitative estimate of drug-likeness (QED) is 0.449. The molecule has 0 bridgehead atoms. The first kappa shape index (κ1) is 22.7. The molecule has 0 aromatic heterocycles. The number of nitrogens with one attached hydrogen (secondary N) is 2. The fraction of sp³-hybridized carbons (Fsp3) is 0.192. The van der Waals surface area contributed by atoms with Crippen LogP contribution in [0.25, 0.3) is 0 Å². The predicted octanol–water partition coefficient (Wildman–Crippen LogP) is 4.36. The monoisotopic (exact) mass is 430 g/mol. The third-order valence-corrected chi connectivity index (χ3v) is 4.47. The number of carbonyl (C=O) groups excluding carboxylic acids is 3. The van der Waals surface area contributed by atoms with Gasteiger partial charge in [-0.05, 0) is 68.8 Å². The summed E-state index contributed by atoms with van der Waals surface area (Å²) in [5.74, 6) is -0.792. The Hall–Kier alpha value is -3.93. The molecule has 0 unspecified atom stereocenters. The molecular formula is C26H26N2O4.